The Bertz CT molecular complexity index is 344. The SMILES string of the molecule is CCCCC1CCC(C(=O)N(CC(=O)O)C2CC2)CC1. The minimum absolute atomic E-state index is 0.0767. The second-order valence-electron chi connectivity index (χ2n) is 6.45. The zero-order valence-corrected chi connectivity index (χ0v) is 12.5. The van der Waals surface area contributed by atoms with Crippen molar-refractivity contribution in [3.63, 3.8) is 0 Å². The summed E-state index contributed by atoms with van der Waals surface area (Å²) in [4.78, 5) is 25.0. The molecule has 0 heterocycles. The molecule has 0 aliphatic heterocycles. The van der Waals surface area contributed by atoms with Crippen molar-refractivity contribution in [3.8, 4) is 0 Å². The number of nitrogens with zero attached hydrogens (tertiary/aromatic N) is 1. The molecule has 0 unspecified atom stereocenters. The molecule has 0 atom stereocenters. The van der Waals surface area contributed by atoms with Crippen molar-refractivity contribution in [2.45, 2.75) is 70.8 Å². The van der Waals surface area contributed by atoms with Gasteiger partial charge in [-0.05, 0) is 44.4 Å². The lowest BCUT2D eigenvalue weighted by molar-refractivity contribution is -0.147. The summed E-state index contributed by atoms with van der Waals surface area (Å²) in [7, 11) is 0. The molecule has 0 aromatic carbocycles. The molecule has 4 heteroatoms. The molecule has 2 fully saturated rings. The molecule has 0 bridgehead atoms. The highest BCUT2D eigenvalue weighted by molar-refractivity contribution is 5.83. The van der Waals surface area contributed by atoms with Gasteiger partial charge < -0.3 is 10.0 Å². The highest BCUT2D eigenvalue weighted by atomic mass is 16.4. The van der Waals surface area contributed by atoms with Gasteiger partial charge in [0.2, 0.25) is 5.91 Å². The van der Waals surface area contributed by atoms with Crippen molar-refractivity contribution in [2.75, 3.05) is 6.54 Å². The lowest BCUT2D eigenvalue weighted by Gasteiger charge is -2.31. The summed E-state index contributed by atoms with van der Waals surface area (Å²) < 4.78 is 0. The third kappa shape index (κ3) is 4.22. The smallest absolute Gasteiger partial charge is 0.323 e. The van der Waals surface area contributed by atoms with Gasteiger partial charge in [0.25, 0.3) is 0 Å². The minimum Gasteiger partial charge on any atom is -0.480 e. The molecule has 2 rings (SSSR count). The molecule has 20 heavy (non-hydrogen) atoms. The number of unbranched alkanes of at least 4 members (excludes halogenated alkanes) is 1. The standard InChI is InChI=1S/C16H27NO3/c1-2-3-4-12-5-7-13(8-6-12)16(20)17(11-15(18)19)14-9-10-14/h12-14H,2-11H2,1H3,(H,18,19). The Labute approximate surface area is 121 Å². The van der Waals surface area contributed by atoms with E-state index in [0.717, 1.165) is 44.4 Å². The number of aliphatic carboxylic acids is 1. The molecule has 1 N–H and O–H groups in total. The highest BCUT2D eigenvalue weighted by Gasteiger charge is 2.37. The Morgan fingerprint density at radius 2 is 1.75 bits per heavy atom. The van der Waals surface area contributed by atoms with Crippen molar-refractivity contribution in [2.24, 2.45) is 11.8 Å². The van der Waals surface area contributed by atoms with Gasteiger partial charge in [-0.3, -0.25) is 9.59 Å². The van der Waals surface area contributed by atoms with E-state index in [1.54, 1.807) is 4.90 Å². The molecule has 2 aliphatic carbocycles. The molecule has 2 aliphatic rings. The Morgan fingerprint density at radius 1 is 1.10 bits per heavy atom. The van der Waals surface area contributed by atoms with Crippen LogP contribution in [0.2, 0.25) is 0 Å². The molecule has 0 aromatic rings. The van der Waals surface area contributed by atoms with E-state index in [4.69, 9.17) is 5.11 Å². The van der Waals surface area contributed by atoms with Crippen LogP contribution in [-0.4, -0.2) is 34.5 Å². The monoisotopic (exact) mass is 281 g/mol. The Hall–Kier alpha value is -1.06. The van der Waals surface area contributed by atoms with Crippen LogP contribution in [0.15, 0.2) is 0 Å². The van der Waals surface area contributed by atoms with E-state index in [9.17, 15) is 9.59 Å². The lowest BCUT2D eigenvalue weighted by atomic mass is 9.79. The number of amides is 1. The maximum Gasteiger partial charge on any atom is 0.323 e. The first kappa shape index (κ1) is 15.3. The number of rotatable bonds is 7. The fourth-order valence-electron chi connectivity index (χ4n) is 3.34. The van der Waals surface area contributed by atoms with E-state index in [2.05, 4.69) is 6.92 Å². The van der Waals surface area contributed by atoms with Crippen LogP contribution < -0.4 is 0 Å². The number of carboxylic acids is 1. The molecule has 1 amide bonds. The van der Waals surface area contributed by atoms with E-state index in [1.165, 1.54) is 19.3 Å². The first-order valence-corrected chi connectivity index (χ1v) is 8.14. The molecule has 0 radical (unpaired) electrons. The van der Waals surface area contributed by atoms with Gasteiger partial charge in [0.1, 0.15) is 6.54 Å². The molecule has 0 spiro atoms. The molecule has 4 nitrogen and oxygen atoms in total. The van der Waals surface area contributed by atoms with Crippen LogP contribution in [-0.2, 0) is 9.59 Å². The first-order valence-electron chi connectivity index (χ1n) is 8.14. The van der Waals surface area contributed by atoms with Crippen molar-refractivity contribution in [1.82, 2.24) is 4.90 Å². The van der Waals surface area contributed by atoms with Gasteiger partial charge in [-0.1, -0.05) is 26.2 Å². The Morgan fingerprint density at radius 3 is 2.25 bits per heavy atom. The van der Waals surface area contributed by atoms with Gasteiger partial charge in [-0.25, -0.2) is 0 Å². The number of carboxylic acid groups (broad SMARTS) is 1. The Balaban J connectivity index is 1.82. The zero-order valence-electron chi connectivity index (χ0n) is 12.5. The van der Waals surface area contributed by atoms with Gasteiger partial charge in [-0.2, -0.15) is 0 Å². The molecular formula is C16H27NO3. The first-order chi connectivity index (χ1) is 9.61. The number of hydrogen-bond donors (Lipinski definition) is 1. The quantitative estimate of drug-likeness (QED) is 0.780. The van der Waals surface area contributed by atoms with Crippen LogP contribution in [0, 0.1) is 11.8 Å². The van der Waals surface area contributed by atoms with Gasteiger partial charge in [0, 0.05) is 12.0 Å². The van der Waals surface area contributed by atoms with Crippen LogP contribution >= 0.6 is 0 Å². The molecule has 0 saturated heterocycles. The fourth-order valence-corrected chi connectivity index (χ4v) is 3.34. The Kier molecular flexibility index (Phi) is 5.44. The minimum atomic E-state index is -0.887. The number of carbonyl (C=O) groups excluding carboxylic acids is 1. The van der Waals surface area contributed by atoms with Crippen molar-refractivity contribution in [1.29, 1.82) is 0 Å². The second-order valence-corrected chi connectivity index (χ2v) is 6.45. The van der Waals surface area contributed by atoms with E-state index in [0.29, 0.717) is 0 Å². The largest absolute Gasteiger partial charge is 0.480 e. The third-order valence-electron chi connectivity index (χ3n) is 4.74. The second kappa shape index (κ2) is 7.09. The lowest BCUT2D eigenvalue weighted by Crippen LogP contribution is -2.42. The van der Waals surface area contributed by atoms with Crippen LogP contribution in [0.25, 0.3) is 0 Å². The molecule has 114 valence electrons. The summed E-state index contributed by atoms with van der Waals surface area (Å²) in [5.74, 6) is 0.0754. The van der Waals surface area contributed by atoms with Gasteiger partial charge >= 0.3 is 5.97 Å². The summed E-state index contributed by atoms with van der Waals surface area (Å²) in [5, 5.41) is 8.95. The summed E-state index contributed by atoms with van der Waals surface area (Å²) >= 11 is 0. The van der Waals surface area contributed by atoms with Crippen molar-refractivity contribution < 1.29 is 14.7 Å². The van der Waals surface area contributed by atoms with E-state index in [-0.39, 0.29) is 24.4 Å². The summed E-state index contributed by atoms with van der Waals surface area (Å²) in [6, 6.07) is 0.205. The third-order valence-corrected chi connectivity index (χ3v) is 4.74. The number of carbonyl (C=O) groups is 2. The summed E-state index contributed by atoms with van der Waals surface area (Å²) in [5.41, 5.74) is 0. The van der Waals surface area contributed by atoms with Crippen LogP contribution in [0.1, 0.15) is 64.7 Å². The van der Waals surface area contributed by atoms with Gasteiger partial charge in [0.05, 0.1) is 0 Å². The molecular weight excluding hydrogens is 254 g/mol. The maximum absolute atomic E-state index is 12.5. The predicted octanol–water partition coefficient (Wildman–Crippen LogP) is 3.06. The average molecular weight is 281 g/mol. The summed E-state index contributed by atoms with van der Waals surface area (Å²) in [6.45, 7) is 2.10. The van der Waals surface area contributed by atoms with Gasteiger partial charge in [-0.15, -0.1) is 0 Å². The van der Waals surface area contributed by atoms with Crippen LogP contribution in [0.3, 0.4) is 0 Å². The topological polar surface area (TPSA) is 57.6 Å². The fraction of sp³-hybridized carbons (Fsp3) is 0.875. The van der Waals surface area contributed by atoms with E-state index < -0.39 is 5.97 Å². The molecule has 0 aromatic heterocycles. The van der Waals surface area contributed by atoms with Crippen molar-refractivity contribution in [3.05, 3.63) is 0 Å². The van der Waals surface area contributed by atoms with Crippen molar-refractivity contribution >= 4 is 11.9 Å². The van der Waals surface area contributed by atoms with E-state index in [1.807, 2.05) is 0 Å². The summed E-state index contributed by atoms with van der Waals surface area (Å²) in [6.07, 6.45) is 9.97. The molecule has 2 saturated carbocycles. The van der Waals surface area contributed by atoms with E-state index >= 15 is 0 Å². The number of hydrogen-bond acceptors (Lipinski definition) is 2. The predicted molar refractivity (Wildman–Crippen MR) is 77.3 cm³/mol. The average Bonchev–Trinajstić information content (AvgIpc) is 3.26. The highest BCUT2D eigenvalue weighted by Crippen LogP contribution is 2.35. The van der Waals surface area contributed by atoms with Crippen LogP contribution in [0.4, 0.5) is 0 Å². The van der Waals surface area contributed by atoms with Crippen LogP contribution in [0.5, 0.6) is 0 Å². The maximum atomic E-state index is 12.5. The zero-order chi connectivity index (χ0) is 14.5. The normalized spacial score (nSPS) is 26.2. The van der Waals surface area contributed by atoms with Gasteiger partial charge in [0.15, 0.2) is 0 Å².